The quantitative estimate of drug-likeness (QED) is 0.509. The van der Waals surface area contributed by atoms with Crippen LogP contribution < -0.4 is 15.4 Å². The zero-order valence-corrected chi connectivity index (χ0v) is 16.3. The van der Waals surface area contributed by atoms with Crippen molar-refractivity contribution >= 4 is 23.8 Å². The molecule has 1 atom stereocenters. The second-order valence-corrected chi connectivity index (χ2v) is 6.92. The standard InChI is InChI=1S/C19H26N2O4S/c1-4-5-10-24-15-9-7-6-8-14(15)17-16(13(2)20-19(23)21-17)18(22)25-11-12-26-3/h6-9,17H,4-5,10-12H2,1-3H3,(H2,20,21,23). The van der Waals surface area contributed by atoms with Crippen LogP contribution in [0.25, 0.3) is 0 Å². The van der Waals surface area contributed by atoms with E-state index in [1.807, 2.05) is 30.5 Å². The molecule has 0 saturated carbocycles. The lowest BCUT2D eigenvalue weighted by molar-refractivity contribution is -0.138. The van der Waals surface area contributed by atoms with Crippen LogP contribution in [0.1, 0.15) is 38.3 Å². The van der Waals surface area contributed by atoms with E-state index in [1.165, 1.54) is 0 Å². The first-order valence-corrected chi connectivity index (χ1v) is 10.1. The number of carbonyl (C=O) groups is 2. The van der Waals surface area contributed by atoms with Crippen LogP contribution in [0.3, 0.4) is 0 Å². The number of rotatable bonds is 9. The normalized spacial score (nSPS) is 16.7. The minimum absolute atomic E-state index is 0.325. The average molecular weight is 378 g/mol. The van der Waals surface area contributed by atoms with E-state index in [4.69, 9.17) is 9.47 Å². The van der Waals surface area contributed by atoms with Gasteiger partial charge < -0.3 is 20.1 Å². The highest BCUT2D eigenvalue weighted by Gasteiger charge is 2.33. The predicted molar refractivity (Wildman–Crippen MR) is 103 cm³/mol. The summed E-state index contributed by atoms with van der Waals surface area (Å²) in [7, 11) is 0. The molecule has 0 bridgehead atoms. The number of benzene rings is 1. The van der Waals surface area contributed by atoms with Gasteiger partial charge in [-0.15, -0.1) is 0 Å². The Kier molecular flexibility index (Phi) is 7.84. The number of urea groups is 1. The van der Waals surface area contributed by atoms with Crippen LogP contribution in [0.2, 0.25) is 0 Å². The SMILES string of the molecule is CCCCOc1ccccc1C1NC(=O)NC(C)=C1C(=O)OCCSC. The van der Waals surface area contributed by atoms with Crippen LogP contribution in [0, 0.1) is 0 Å². The molecule has 0 spiro atoms. The van der Waals surface area contributed by atoms with Crippen LogP contribution in [-0.2, 0) is 9.53 Å². The molecule has 2 amide bonds. The number of hydrogen-bond acceptors (Lipinski definition) is 5. The molecule has 1 aliphatic rings. The summed E-state index contributed by atoms with van der Waals surface area (Å²) in [5.41, 5.74) is 1.64. The Balaban J connectivity index is 2.31. The molecular weight excluding hydrogens is 352 g/mol. The van der Waals surface area contributed by atoms with Gasteiger partial charge in [-0.25, -0.2) is 9.59 Å². The molecule has 142 valence electrons. The van der Waals surface area contributed by atoms with Gasteiger partial charge in [-0.3, -0.25) is 0 Å². The minimum atomic E-state index is -0.608. The van der Waals surface area contributed by atoms with Crippen molar-refractivity contribution < 1.29 is 19.1 Å². The van der Waals surface area contributed by atoms with Gasteiger partial charge in [0.05, 0.1) is 18.2 Å². The zero-order valence-electron chi connectivity index (χ0n) is 15.5. The van der Waals surface area contributed by atoms with Crippen LogP contribution in [0.4, 0.5) is 4.79 Å². The molecule has 1 heterocycles. The number of ether oxygens (including phenoxy) is 2. The number of nitrogens with one attached hydrogen (secondary N) is 2. The van der Waals surface area contributed by atoms with E-state index < -0.39 is 12.0 Å². The van der Waals surface area contributed by atoms with Crippen molar-refractivity contribution in [1.29, 1.82) is 0 Å². The Morgan fingerprint density at radius 1 is 1.27 bits per heavy atom. The smallest absolute Gasteiger partial charge is 0.338 e. The highest BCUT2D eigenvalue weighted by Crippen LogP contribution is 2.33. The van der Waals surface area contributed by atoms with E-state index in [2.05, 4.69) is 17.6 Å². The monoisotopic (exact) mass is 378 g/mol. The van der Waals surface area contributed by atoms with Gasteiger partial charge in [0, 0.05) is 17.0 Å². The zero-order chi connectivity index (χ0) is 18.9. The third-order valence-corrected chi connectivity index (χ3v) is 4.57. The van der Waals surface area contributed by atoms with Crippen molar-refractivity contribution in [2.45, 2.75) is 32.7 Å². The molecule has 1 unspecified atom stereocenters. The molecule has 1 aromatic rings. The maximum atomic E-state index is 12.6. The largest absolute Gasteiger partial charge is 0.493 e. The number of allylic oxidation sites excluding steroid dienone is 1. The first kappa shape index (κ1) is 20.2. The Morgan fingerprint density at radius 3 is 2.77 bits per heavy atom. The fourth-order valence-electron chi connectivity index (χ4n) is 2.67. The van der Waals surface area contributed by atoms with Gasteiger partial charge >= 0.3 is 12.0 Å². The van der Waals surface area contributed by atoms with Crippen LogP contribution >= 0.6 is 11.8 Å². The van der Waals surface area contributed by atoms with Crippen molar-refractivity contribution in [1.82, 2.24) is 10.6 Å². The van der Waals surface area contributed by atoms with E-state index in [-0.39, 0.29) is 6.03 Å². The molecule has 1 aromatic carbocycles. The summed E-state index contributed by atoms with van der Waals surface area (Å²) in [6.07, 6.45) is 3.91. The second kappa shape index (κ2) is 10.1. The molecular formula is C19H26N2O4S. The third kappa shape index (κ3) is 5.17. The lowest BCUT2D eigenvalue weighted by Gasteiger charge is -2.29. The topological polar surface area (TPSA) is 76.7 Å². The number of carbonyl (C=O) groups excluding carboxylic acids is 2. The molecule has 26 heavy (non-hydrogen) atoms. The summed E-state index contributed by atoms with van der Waals surface area (Å²) >= 11 is 1.60. The molecule has 1 aliphatic heterocycles. The molecule has 0 aromatic heterocycles. The van der Waals surface area contributed by atoms with Gasteiger partial charge in [0.1, 0.15) is 12.4 Å². The van der Waals surface area contributed by atoms with Crippen molar-refractivity contribution in [3.8, 4) is 5.75 Å². The average Bonchev–Trinajstić information content (AvgIpc) is 2.62. The molecule has 0 radical (unpaired) electrons. The lowest BCUT2D eigenvalue weighted by atomic mass is 9.95. The summed E-state index contributed by atoms with van der Waals surface area (Å²) in [6.45, 7) is 4.71. The summed E-state index contributed by atoms with van der Waals surface area (Å²) in [6, 6.07) is 6.49. The summed E-state index contributed by atoms with van der Waals surface area (Å²) in [5, 5.41) is 5.48. The van der Waals surface area contributed by atoms with Gasteiger partial charge in [-0.1, -0.05) is 31.5 Å². The molecule has 6 nitrogen and oxygen atoms in total. The van der Waals surface area contributed by atoms with Crippen molar-refractivity contribution in [2.24, 2.45) is 0 Å². The minimum Gasteiger partial charge on any atom is -0.493 e. The molecule has 0 aliphatic carbocycles. The summed E-state index contributed by atoms with van der Waals surface area (Å²) in [5.74, 6) is 0.951. The number of amides is 2. The third-order valence-electron chi connectivity index (χ3n) is 4.00. The Bertz CT molecular complexity index is 675. The number of hydrogen-bond donors (Lipinski definition) is 2. The Labute approximate surface area is 158 Å². The first-order chi connectivity index (χ1) is 12.6. The Hall–Kier alpha value is -2.15. The highest BCUT2D eigenvalue weighted by molar-refractivity contribution is 7.98. The van der Waals surface area contributed by atoms with E-state index in [0.29, 0.717) is 30.2 Å². The van der Waals surface area contributed by atoms with Crippen LogP contribution in [0.5, 0.6) is 5.75 Å². The molecule has 2 rings (SSSR count). The second-order valence-electron chi connectivity index (χ2n) is 5.94. The molecule has 2 N–H and O–H groups in total. The van der Waals surface area contributed by atoms with Gasteiger partial charge in [0.25, 0.3) is 0 Å². The van der Waals surface area contributed by atoms with E-state index in [9.17, 15) is 9.59 Å². The van der Waals surface area contributed by atoms with Gasteiger partial charge in [-0.05, 0) is 25.7 Å². The summed E-state index contributed by atoms with van der Waals surface area (Å²) < 4.78 is 11.2. The fourth-order valence-corrected chi connectivity index (χ4v) is 2.92. The van der Waals surface area contributed by atoms with Crippen molar-refractivity contribution in [2.75, 3.05) is 25.2 Å². The molecule has 7 heteroatoms. The van der Waals surface area contributed by atoms with E-state index >= 15 is 0 Å². The molecule has 0 saturated heterocycles. The first-order valence-electron chi connectivity index (χ1n) is 8.74. The summed E-state index contributed by atoms with van der Waals surface area (Å²) in [4.78, 5) is 24.6. The van der Waals surface area contributed by atoms with Crippen molar-refractivity contribution in [3.05, 3.63) is 41.1 Å². The maximum Gasteiger partial charge on any atom is 0.338 e. The lowest BCUT2D eigenvalue weighted by Crippen LogP contribution is -2.45. The van der Waals surface area contributed by atoms with Gasteiger partial charge in [0.15, 0.2) is 0 Å². The van der Waals surface area contributed by atoms with Crippen LogP contribution in [0.15, 0.2) is 35.5 Å². The van der Waals surface area contributed by atoms with Crippen molar-refractivity contribution in [3.63, 3.8) is 0 Å². The number of esters is 1. The number of thioether (sulfide) groups is 1. The van der Waals surface area contributed by atoms with Gasteiger partial charge in [-0.2, -0.15) is 11.8 Å². The molecule has 0 fully saturated rings. The number of para-hydroxylation sites is 1. The van der Waals surface area contributed by atoms with E-state index in [0.717, 1.165) is 24.2 Å². The highest BCUT2D eigenvalue weighted by atomic mass is 32.2. The Morgan fingerprint density at radius 2 is 2.04 bits per heavy atom. The fraction of sp³-hybridized carbons (Fsp3) is 0.474. The predicted octanol–water partition coefficient (Wildman–Crippen LogP) is 3.40. The van der Waals surface area contributed by atoms with E-state index in [1.54, 1.807) is 18.7 Å². The van der Waals surface area contributed by atoms with Gasteiger partial charge in [0.2, 0.25) is 0 Å². The number of unbranched alkanes of at least 4 members (excludes halogenated alkanes) is 1. The van der Waals surface area contributed by atoms with Crippen LogP contribution in [-0.4, -0.2) is 37.2 Å². The maximum absolute atomic E-state index is 12.6.